The molecular formula is C14H23FN2OS. The Balaban J connectivity index is 1.77. The van der Waals surface area contributed by atoms with Gasteiger partial charge in [-0.25, -0.2) is 4.39 Å². The Labute approximate surface area is 118 Å². The molecule has 0 spiro atoms. The summed E-state index contributed by atoms with van der Waals surface area (Å²) in [6.07, 6.45) is 5.02. The Kier molecular flexibility index (Phi) is 5.76. The third-order valence-corrected chi connectivity index (χ3v) is 4.79. The van der Waals surface area contributed by atoms with E-state index in [1.165, 1.54) is 36.7 Å². The standard InChI is InChI=1S/C14H23FN2OS/c15-12-6-9-19-13(12)14(18)17-8-5-11(10-17)4-2-1-3-7-16/h6,9,11,14,18H,1-5,7-8,10,16H2. The number of unbranched alkanes of at least 4 members (excludes halogenated alkanes) is 2. The molecule has 2 unspecified atom stereocenters. The predicted octanol–water partition coefficient (Wildman–Crippen LogP) is 2.72. The summed E-state index contributed by atoms with van der Waals surface area (Å²) in [5, 5.41) is 11.9. The topological polar surface area (TPSA) is 49.5 Å². The van der Waals surface area contributed by atoms with Crippen LogP contribution in [0.2, 0.25) is 0 Å². The quantitative estimate of drug-likeness (QED) is 0.758. The van der Waals surface area contributed by atoms with Crippen molar-refractivity contribution in [3.05, 3.63) is 22.1 Å². The van der Waals surface area contributed by atoms with Crippen LogP contribution in [0.3, 0.4) is 0 Å². The van der Waals surface area contributed by atoms with Crippen molar-refractivity contribution in [3.8, 4) is 0 Å². The molecule has 0 radical (unpaired) electrons. The number of likely N-dealkylation sites (tertiary alicyclic amines) is 1. The zero-order valence-electron chi connectivity index (χ0n) is 11.2. The number of thiophene rings is 1. The lowest BCUT2D eigenvalue weighted by molar-refractivity contribution is 0.0165. The molecule has 1 aromatic heterocycles. The van der Waals surface area contributed by atoms with Crippen LogP contribution < -0.4 is 5.73 Å². The number of halogens is 1. The van der Waals surface area contributed by atoms with Crippen LogP contribution in [0.15, 0.2) is 11.4 Å². The molecule has 2 heterocycles. The van der Waals surface area contributed by atoms with Crippen LogP contribution in [0.4, 0.5) is 4.39 Å². The molecule has 2 atom stereocenters. The fourth-order valence-corrected chi connectivity index (χ4v) is 3.52. The van der Waals surface area contributed by atoms with Gasteiger partial charge in [0, 0.05) is 13.1 Å². The molecule has 1 saturated heterocycles. The van der Waals surface area contributed by atoms with Crippen LogP contribution in [0.25, 0.3) is 0 Å². The zero-order chi connectivity index (χ0) is 13.7. The first-order valence-corrected chi connectivity index (χ1v) is 7.95. The fraction of sp³-hybridized carbons (Fsp3) is 0.714. The molecule has 1 aliphatic heterocycles. The van der Waals surface area contributed by atoms with Gasteiger partial charge in [0.05, 0.1) is 4.88 Å². The van der Waals surface area contributed by atoms with Gasteiger partial charge in [-0.3, -0.25) is 4.90 Å². The molecule has 1 aliphatic rings. The maximum absolute atomic E-state index is 13.4. The van der Waals surface area contributed by atoms with E-state index < -0.39 is 6.23 Å². The molecule has 1 aromatic rings. The van der Waals surface area contributed by atoms with E-state index in [1.807, 2.05) is 4.90 Å². The minimum absolute atomic E-state index is 0.288. The van der Waals surface area contributed by atoms with Gasteiger partial charge in [0.25, 0.3) is 0 Å². The highest BCUT2D eigenvalue weighted by Gasteiger charge is 2.29. The maximum Gasteiger partial charge on any atom is 0.145 e. The smallest absolute Gasteiger partial charge is 0.145 e. The summed E-state index contributed by atoms with van der Waals surface area (Å²) in [5.41, 5.74) is 5.48. The molecule has 1 fully saturated rings. The molecule has 5 heteroatoms. The van der Waals surface area contributed by atoms with E-state index in [2.05, 4.69) is 0 Å². The molecule has 3 nitrogen and oxygen atoms in total. The molecule has 2 rings (SSSR count). The van der Waals surface area contributed by atoms with Crippen LogP contribution in [-0.4, -0.2) is 29.6 Å². The second kappa shape index (κ2) is 7.33. The van der Waals surface area contributed by atoms with E-state index in [4.69, 9.17) is 5.73 Å². The summed E-state index contributed by atoms with van der Waals surface area (Å²) < 4.78 is 13.4. The number of hydrogen-bond donors (Lipinski definition) is 2. The Morgan fingerprint density at radius 2 is 2.32 bits per heavy atom. The largest absolute Gasteiger partial charge is 0.373 e. The average molecular weight is 286 g/mol. The second-order valence-electron chi connectivity index (χ2n) is 5.29. The second-order valence-corrected chi connectivity index (χ2v) is 6.24. The molecule has 0 saturated carbocycles. The lowest BCUT2D eigenvalue weighted by Crippen LogP contribution is -2.26. The Bertz CT molecular complexity index is 385. The summed E-state index contributed by atoms with van der Waals surface area (Å²) in [6, 6.07) is 1.42. The third kappa shape index (κ3) is 3.99. The molecule has 0 aromatic carbocycles. The molecule has 0 amide bonds. The van der Waals surface area contributed by atoms with E-state index in [-0.39, 0.29) is 5.82 Å². The predicted molar refractivity (Wildman–Crippen MR) is 76.4 cm³/mol. The van der Waals surface area contributed by atoms with Crippen LogP contribution in [0.1, 0.15) is 43.2 Å². The molecular weight excluding hydrogens is 263 g/mol. The van der Waals surface area contributed by atoms with Gasteiger partial charge in [-0.1, -0.05) is 12.8 Å². The van der Waals surface area contributed by atoms with Gasteiger partial charge in [-0.05, 0) is 43.2 Å². The number of nitrogens with zero attached hydrogens (tertiary/aromatic N) is 1. The molecule has 19 heavy (non-hydrogen) atoms. The van der Waals surface area contributed by atoms with Gasteiger partial charge >= 0.3 is 0 Å². The number of nitrogens with two attached hydrogens (primary N) is 1. The number of aliphatic hydroxyl groups excluding tert-OH is 1. The summed E-state index contributed by atoms with van der Waals surface area (Å²) in [5.74, 6) is 0.347. The zero-order valence-corrected chi connectivity index (χ0v) is 12.0. The van der Waals surface area contributed by atoms with Crippen molar-refractivity contribution in [2.24, 2.45) is 11.7 Å². The van der Waals surface area contributed by atoms with E-state index >= 15 is 0 Å². The molecule has 3 N–H and O–H groups in total. The summed E-state index contributed by atoms with van der Waals surface area (Å²) in [6.45, 7) is 2.51. The van der Waals surface area contributed by atoms with Crippen molar-refractivity contribution in [2.75, 3.05) is 19.6 Å². The monoisotopic (exact) mass is 286 g/mol. The van der Waals surface area contributed by atoms with Crippen molar-refractivity contribution >= 4 is 11.3 Å². The van der Waals surface area contributed by atoms with Crippen LogP contribution in [-0.2, 0) is 0 Å². The minimum Gasteiger partial charge on any atom is -0.373 e. The highest BCUT2D eigenvalue weighted by atomic mass is 32.1. The Hall–Kier alpha value is -0.490. The van der Waals surface area contributed by atoms with Gasteiger partial charge in [0.1, 0.15) is 12.0 Å². The lowest BCUT2D eigenvalue weighted by Gasteiger charge is -2.22. The van der Waals surface area contributed by atoms with Crippen LogP contribution >= 0.6 is 11.3 Å². The Morgan fingerprint density at radius 3 is 3.00 bits per heavy atom. The van der Waals surface area contributed by atoms with Crippen molar-refractivity contribution in [1.82, 2.24) is 4.90 Å². The first-order valence-electron chi connectivity index (χ1n) is 7.07. The molecule has 108 valence electrons. The highest BCUT2D eigenvalue weighted by Crippen LogP contribution is 2.31. The summed E-state index contributed by atoms with van der Waals surface area (Å²) >= 11 is 1.29. The minimum atomic E-state index is -0.769. The highest BCUT2D eigenvalue weighted by molar-refractivity contribution is 7.10. The average Bonchev–Trinajstić information content (AvgIpc) is 3.03. The van der Waals surface area contributed by atoms with Crippen molar-refractivity contribution in [2.45, 2.75) is 38.3 Å². The Morgan fingerprint density at radius 1 is 1.47 bits per heavy atom. The van der Waals surface area contributed by atoms with Crippen LogP contribution in [0, 0.1) is 11.7 Å². The first-order chi connectivity index (χ1) is 9.22. The van der Waals surface area contributed by atoms with Gasteiger partial charge in [-0.15, -0.1) is 11.3 Å². The van der Waals surface area contributed by atoms with E-state index in [0.29, 0.717) is 10.8 Å². The molecule has 0 aliphatic carbocycles. The number of rotatable bonds is 7. The fourth-order valence-electron chi connectivity index (χ4n) is 2.73. The van der Waals surface area contributed by atoms with E-state index in [0.717, 1.165) is 32.5 Å². The summed E-state index contributed by atoms with van der Waals surface area (Å²) in [7, 11) is 0. The first kappa shape index (κ1) is 14.9. The third-order valence-electron chi connectivity index (χ3n) is 3.86. The van der Waals surface area contributed by atoms with Gasteiger partial charge in [0.15, 0.2) is 0 Å². The van der Waals surface area contributed by atoms with Gasteiger partial charge in [0.2, 0.25) is 0 Å². The van der Waals surface area contributed by atoms with Crippen molar-refractivity contribution in [3.63, 3.8) is 0 Å². The van der Waals surface area contributed by atoms with Crippen LogP contribution in [0.5, 0.6) is 0 Å². The lowest BCUT2D eigenvalue weighted by atomic mass is 10.0. The van der Waals surface area contributed by atoms with E-state index in [1.54, 1.807) is 5.38 Å². The maximum atomic E-state index is 13.4. The summed E-state index contributed by atoms with van der Waals surface area (Å²) in [4.78, 5) is 2.44. The van der Waals surface area contributed by atoms with Gasteiger partial charge < -0.3 is 10.8 Å². The van der Waals surface area contributed by atoms with Gasteiger partial charge in [-0.2, -0.15) is 0 Å². The molecule has 0 bridgehead atoms. The number of aliphatic hydroxyl groups is 1. The number of hydrogen-bond acceptors (Lipinski definition) is 4. The SMILES string of the molecule is NCCCCCC1CCN(C(O)c2sccc2F)C1. The van der Waals surface area contributed by atoms with Crippen molar-refractivity contribution < 1.29 is 9.50 Å². The normalized spacial score (nSPS) is 21.9. The van der Waals surface area contributed by atoms with Crippen molar-refractivity contribution in [1.29, 1.82) is 0 Å². The van der Waals surface area contributed by atoms with E-state index in [9.17, 15) is 9.50 Å².